The Labute approximate surface area is 107 Å². The Morgan fingerprint density at radius 1 is 1.47 bits per heavy atom. The van der Waals surface area contributed by atoms with Gasteiger partial charge in [-0.2, -0.15) is 0 Å². The molecule has 1 saturated heterocycles. The van der Waals surface area contributed by atoms with Gasteiger partial charge in [0.25, 0.3) is 0 Å². The molecule has 1 atom stereocenters. The molecular weight excluding hydrogens is 238 g/mol. The third-order valence-electron chi connectivity index (χ3n) is 3.25. The summed E-state index contributed by atoms with van der Waals surface area (Å²) < 4.78 is 0. The summed E-state index contributed by atoms with van der Waals surface area (Å²) in [5.41, 5.74) is 1.12. The SMILES string of the molecule is CC1(O)CCCN(c2ccc(CO)c(Cl)c2)C1. The number of rotatable bonds is 2. The highest BCUT2D eigenvalue weighted by atomic mass is 35.5. The fourth-order valence-electron chi connectivity index (χ4n) is 2.30. The van der Waals surface area contributed by atoms with Crippen LogP contribution in [0.4, 0.5) is 5.69 Å². The van der Waals surface area contributed by atoms with Gasteiger partial charge in [0.2, 0.25) is 0 Å². The summed E-state index contributed by atoms with van der Waals surface area (Å²) in [4.78, 5) is 2.14. The van der Waals surface area contributed by atoms with Gasteiger partial charge in [-0.1, -0.05) is 17.7 Å². The van der Waals surface area contributed by atoms with Crippen LogP contribution in [0.2, 0.25) is 5.02 Å². The Balaban J connectivity index is 2.19. The van der Waals surface area contributed by atoms with E-state index in [1.807, 2.05) is 25.1 Å². The molecule has 0 saturated carbocycles. The highest BCUT2D eigenvalue weighted by molar-refractivity contribution is 6.31. The first-order valence-electron chi connectivity index (χ1n) is 5.88. The zero-order valence-corrected chi connectivity index (χ0v) is 10.7. The Kier molecular flexibility index (Phi) is 3.61. The van der Waals surface area contributed by atoms with Crippen LogP contribution in [0.25, 0.3) is 0 Å². The molecule has 1 fully saturated rings. The first kappa shape index (κ1) is 12.7. The van der Waals surface area contributed by atoms with Crippen LogP contribution >= 0.6 is 11.6 Å². The summed E-state index contributed by atoms with van der Waals surface area (Å²) in [6.07, 6.45) is 1.82. The molecule has 1 unspecified atom stereocenters. The molecule has 1 aromatic carbocycles. The molecule has 0 bridgehead atoms. The molecule has 17 heavy (non-hydrogen) atoms. The van der Waals surface area contributed by atoms with E-state index in [4.69, 9.17) is 16.7 Å². The molecule has 4 heteroatoms. The molecule has 1 aliphatic rings. The zero-order valence-electron chi connectivity index (χ0n) is 9.99. The van der Waals surface area contributed by atoms with Gasteiger partial charge < -0.3 is 15.1 Å². The molecule has 1 heterocycles. The fraction of sp³-hybridized carbons (Fsp3) is 0.538. The number of β-amino-alcohol motifs (C(OH)–C–C–N with tert-alkyl or cyclic N) is 1. The minimum absolute atomic E-state index is 0.0448. The Morgan fingerprint density at radius 3 is 2.82 bits per heavy atom. The van der Waals surface area contributed by atoms with E-state index in [9.17, 15) is 5.11 Å². The van der Waals surface area contributed by atoms with Crippen LogP contribution < -0.4 is 4.90 Å². The monoisotopic (exact) mass is 255 g/mol. The fourth-order valence-corrected chi connectivity index (χ4v) is 2.54. The van der Waals surface area contributed by atoms with E-state index < -0.39 is 5.60 Å². The number of halogens is 1. The quantitative estimate of drug-likeness (QED) is 0.851. The van der Waals surface area contributed by atoms with Crippen molar-refractivity contribution in [1.82, 2.24) is 0 Å². The van der Waals surface area contributed by atoms with E-state index in [-0.39, 0.29) is 6.61 Å². The summed E-state index contributed by atoms with van der Waals surface area (Å²) in [5.74, 6) is 0. The average molecular weight is 256 g/mol. The van der Waals surface area contributed by atoms with Crippen molar-refractivity contribution in [1.29, 1.82) is 0 Å². The maximum atomic E-state index is 10.1. The number of hydrogen-bond acceptors (Lipinski definition) is 3. The molecule has 0 spiro atoms. The number of anilines is 1. The summed E-state index contributed by atoms with van der Waals surface area (Å²) in [7, 11) is 0. The third-order valence-corrected chi connectivity index (χ3v) is 3.60. The molecule has 0 aliphatic carbocycles. The lowest BCUT2D eigenvalue weighted by Crippen LogP contribution is -2.46. The van der Waals surface area contributed by atoms with Crippen LogP contribution in [0, 0.1) is 0 Å². The topological polar surface area (TPSA) is 43.7 Å². The van der Waals surface area contributed by atoms with Crippen LogP contribution in [0.5, 0.6) is 0 Å². The molecule has 1 aliphatic heterocycles. The minimum atomic E-state index is -0.625. The van der Waals surface area contributed by atoms with Crippen LogP contribution in [0.3, 0.4) is 0 Å². The van der Waals surface area contributed by atoms with Crippen LogP contribution in [0.1, 0.15) is 25.3 Å². The number of benzene rings is 1. The summed E-state index contributed by atoms with van der Waals surface area (Å²) >= 11 is 6.07. The van der Waals surface area contributed by atoms with Gasteiger partial charge in [0.1, 0.15) is 0 Å². The highest BCUT2D eigenvalue weighted by Gasteiger charge is 2.28. The molecule has 0 radical (unpaired) electrons. The second kappa shape index (κ2) is 4.84. The van der Waals surface area contributed by atoms with Gasteiger partial charge in [-0.05, 0) is 37.5 Å². The van der Waals surface area contributed by atoms with Gasteiger partial charge in [0.15, 0.2) is 0 Å². The van der Waals surface area contributed by atoms with Crippen molar-refractivity contribution in [2.45, 2.75) is 32.0 Å². The predicted molar refractivity (Wildman–Crippen MR) is 69.4 cm³/mol. The normalized spacial score (nSPS) is 25.1. The van der Waals surface area contributed by atoms with Gasteiger partial charge >= 0.3 is 0 Å². The minimum Gasteiger partial charge on any atom is -0.392 e. The van der Waals surface area contributed by atoms with Crippen LogP contribution in [0.15, 0.2) is 18.2 Å². The smallest absolute Gasteiger partial charge is 0.0794 e. The number of aliphatic hydroxyl groups is 2. The van der Waals surface area contributed by atoms with Crippen molar-refractivity contribution in [3.63, 3.8) is 0 Å². The summed E-state index contributed by atoms with van der Waals surface area (Å²) in [5, 5.41) is 19.7. The van der Waals surface area contributed by atoms with E-state index in [0.29, 0.717) is 11.6 Å². The maximum Gasteiger partial charge on any atom is 0.0794 e. The Morgan fingerprint density at radius 2 is 2.24 bits per heavy atom. The first-order chi connectivity index (χ1) is 8.02. The summed E-state index contributed by atoms with van der Waals surface area (Å²) in [6, 6.07) is 5.63. The van der Waals surface area contributed by atoms with E-state index in [0.717, 1.165) is 30.6 Å². The largest absolute Gasteiger partial charge is 0.392 e. The molecule has 0 aromatic heterocycles. The van der Waals surface area contributed by atoms with Crippen molar-refractivity contribution < 1.29 is 10.2 Å². The van der Waals surface area contributed by atoms with Gasteiger partial charge in [0.05, 0.1) is 12.2 Å². The Hall–Kier alpha value is -0.770. The molecule has 2 N–H and O–H groups in total. The van der Waals surface area contributed by atoms with E-state index in [1.54, 1.807) is 0 Å². The number of nitrogens with zero attached hydrogens (tertiary/aromatic N) is 1. The lowest BCUT2D eigenvalue weighted by Gasteiger charge is -2.38. The standard InChI is InChI=1S/C13H18ClNO2/c1-13(17)5-2-6-15(9-13)11-4-3-10(8-16)12(14)7-11/h3-4,7,16-17H,2,5-6,8-9H2,1H3. The first-order valence-corrected chi connectivity index (χ1v) is 6.26. The van der Waals surface area contributed by atoms with Crippen molar-refractivity contribution in [3.05, 3.63) is 28.8 Å². The van der Waals surface area contributed by atoms with E-state index in [1.165, 1.54) is 0 Å². The molecule has 3 nitrogen and oxygen atoms in total. The maximum absolute atomic E-state index is 10.1. The predicted octanol–water partition coefficient (Wildman–Crippen LogP) is 2.18. The molecule has 2 rings (SSSR count). The second-order valence-corrected chi connectivity index (χ2v) is 5.36. The third kappa shape index (κ3) is 2.92. The van der Waals surface area contributed by atoms with Gasteiger partial charge in [-0.3, -0.25) is 0 Å². The van der Waals surface area contributed by atoms with E-state index in [2.05, 4.69) is 4.90 Å². The number of piperidine rings is 1. The molecular formula is C13H18ClNO2. The van der Waals surface area contributed by atoms with Crippen molar-refractivity contribution in [2.24, 2.45) is 0 Å². The van der Waals surface area contributed by atoms with Crippen molar-refractivity contribution in [3.8, 4) is 0 Å². The zero-order chi connectivity index (χ0) is 12.5. The average Bonchev–Trinajstić information content (AvgIpc) is 2.27. The highest BCUT2D eigenvalue weighted by Crippen LogP contribution is 2.28. The summed E-state index contributed by atoms with van der Waals surface area (Å²) in [6.45, 7) is 3.38. The Bertz CT molecular complexity index is 406. The van der Waals surface area contributed by atoms with Crippen molar-refractivity contribution in [2.75, 3.05) is 18.0 Å². The van der Waals surface area contributed by atoms with Gasteiger partial charge in [-0.25, -0.2) is 0 Å². The molecule has 1 aromatic rings. The number of aliphatic hydroxyl groups excluding tert-OH is 1. The molecule has 0 amide bonds. The lowest BCUT2D eigenvalue weighted by molar-refractivity contribution is 0.0449. The van der Waals surface area contributed by atoms with Crippen molar-refractivity contribution >= 4 is 17.3 Å². The molecule has 94 valence electrons. The van der Waals surface area contributed by atoms with Crippen LogP contribution in [-0.2, 0) is 6.61 Å². The second-order valence-electron chi connectivity index (χ2n) is 4.96. The van der Waals surface area contributed by atoms with Gasteiger partial charge in [0, 0.05) is 23.8 Å². The van der Waals surface area contributed by atoms with Crippen LogP contribution in [-0.4, -0.2) is 28.9 Å². The van der Waals surface area contributed by atoms with Gasteiger partial charge in [-0.15, -0.1) is 0 Å². The number of hydrogen-bond donors (Lipinski definition) is 2. The lowest BCUT2D eigenvalue weighted by atomic mass is 9.95. The van der Waals surface area contributed by atoms with E-state index >= 15 is 0 Å².